The SMILES string of the molecule is Nc1cc(F)c(Br)c(C(=O)CBr)c1. The Balaban J connectivity index is 3.28. The van der Waals surface area contributed by atoms with Crippen LogP contribution in [0.5, 0.6) is 0 Å². The van der Waals surface area contributed by atoms with Crippen molar-refractivity contribution in [3.63, 3.8) is 0 Å². The van der Waals surface area contributed by atoms with Crippen molar-refractivity contribution in [2.24, 2.45) is 0 Å². The average molecular weight is 311 g/mol. The Bertz CT molecular complexity index is 354. The summed E-state index contributed by atoms with van der Waals surface area (Å²) in [5.74, 6) is -0.734. The molecule has 0 aromatic heterocycles. The second-order valence-electron chi connectivity index (χ2n) is 2.42. The fraction of sp³-hybridized carbons (Fsp3) is 0.125. The summed E-state index contributed by atoms with van der Waals surface area (Å²) in [6.45, 7) is 0. The molecule has 5 heteroatoms. The normalized spacial score (nSPS) is 10.1. The van der Waals surface area contributed by atoms with Crippen molar-refractivity contribution in [3.8, 4) is 0 Å². The van der Waals surface area contributed by atoms with Gasteiger partial charge in [0.1, 0.15) is 5.82 Å². The molecular formula is C8H6Br2FNO. The van der Waals surface area contributed by atoms with Crippen LogP contribution < -0.4 is 5.73 Å². The van der Waals surface area contributed by atoms with Gasteiger partial charge in [-0.25, -0.2) is 4.39 Å². The maximum absolute atomic E-state index is 13.0. The average Bonchev–Trinajstić information content (AvgIpc) is 2.10. The Kier molecular flexibility index (Phi) is 3.44. The van der Waals surface area contributed by atoms with Gasteiger partial charge >= 0.3 is 0 Å². The van der Waals surface area contributed by atoms with E-state index in [2.05, 4.69) is 31.9 Å². The monoisotopic (exact) mass is 309 g/mol. The summed E-state index contributed by atoms with van der Waals surface area (Å²) < 4.78 is 13.2. The molecule has 0 saturated carbocycles. The molecule has 0 fully saturated rings. The van der Waals surface area contributed by atoms with Gasteiger partial charge in [-0.15, -0.1) is 0 Å². The number of carbonyl (C=O) groups excluding carboxylic acids is 1. The third-order valence-electron chi connectivity index (χ3n) is 1.47. The number of ketones is 1. The lowest BCUT2D eigenvalue weighted by Crippen LogP contribution is -2.03. The summed E-state index contributed by atoms with van der Waals surface area (Å²) in [5, 5.41) is 0.147. The van der Waals surface area contributed by atoms with Gasteiger partial charge in [0.15, 0.2) is 5.78 Å². The lowest BCUT2D eigenvalue weighted by Gasteiger charge is -2.03. The first-order valence-electron chi connectivity index (χ1n) is 3.40. The number of anilines is 1. The number of benzene rings is 1. The van der Waals surface area contributed by atoms with E-state index in [1.807, 2.05) is 0 Å². The van der Waals surface area contributed by atoms with Gasteiger partial charge in [0.25, 0.3) is 0 Å². The highest BCUT2D eigenvalue weighted by molar-refractivity contribution is 9.10. The van der Waals surface area contributed by atoms with Crippen molar-refractivity contribution >= 4 is 43.3 Å². The van der Waals surface area contributed by atoms with Crippen LogP contribution in [0.15, 0.2) is 16.6 Å². The standard InChI is InChI=1S/C8H6Br2FNO/c9-3-7(13)5-1-4(12)2-6(11)8(5)10/h1-2H,3,12H2. The highest BCUT2D eigenvalue weighted by Crippen LogP contribution is 2.24. The van der Waals surface area contributed by atoms with Crippen LogP contribution in [0, 0.1) is 5.82 Å². The van der Waals surface area contributed by atoms with Crippen LogP contribution in [0.1, 0.15) is 10.4 Å². The summed E-state index contributed by atoms with van der Waals surface area (Å²) in [6, 6.07) is 2.60. The number of alkyl halides is 1. The van der Waals surface area contributed by atoms with Gasteiger partial charge < -0.3 is 5.73 Å². The summed E-state index contributed by atoms with van der Waals surface area (Å²) in [6.07, 6.45) is 0. The first-order chi connectivity index (χ1) is 6.06. The van der Waals surface area contributed by atoms with Crippen molar-refractivity contribution < 1.29 is 9.18 Å². The molecule has 0 radical (unpaired) electrons. The Morgan fingerprint density at radius 3 is 2.69 bits per heavy atom. The zero-order chi connectivity index (χ0) is 10.0. The van der Waals surface area contributed by atoms with Crippen LogP contribution in [0.2, 0.25) is 0 Å². The molecule has 0 bridgehead atoms. The summed E-state index contributed by atoms with van der Waals surface area (Å²) >= 11 is 5.98. The molecule has 0 heterocycles. The van der Waals surface area contributed by atoms with Gasteiger partial charge in [-0.3, -0.25) is 4.79 Å². The van der Waals surface area contributed by atoms with Crippen molar-refractivity contribution in [3.05, 3.63) is 28.0 Å². The predicted octanol–water partition coefficient (Wildman–Crippen LogP) is 2.75. The number of halogens is 3. The largest absolute Gasteiger partial charge is 0.399 e. The van der Waals surface area contributed by atoms with Crippen molar-refractivity contribution in [2.75, 3.05) is 11.1 Å². The Hall–Kier alpha value is -0.420. The number of hydrogen-bond acceptors (Lipinski definition) is 2. The van der Waals surface area contributed by atoms with E-state index in [0.717, 1.165) is 6.07 Å². The Morgan fingerprint density at radius 2 is 2.15 bits per heavy atom. The van der Waals surface area contributed by atoms with Crippen LogP contribution in [0.3, 0.4) is 0 Å². The zero-order valence-electron chi connectivity index (χ0n) is 6.48. The minimum atomic E-state index is -0.524. The lowest BCUT2D eigenvalue weighted by atomic mass is 10.1. The third-order valence-corrected chi connectivity index (χ3v) is 2.79. The van der Waals surface area contributed by atoms with Crippen LogP contribution >= 0.6 is 31.9 Å². The highest BCUT2D eigenvalue weighted by atomic mass is 79.9. The molecular weight excluding hydrogens is 305 g/mol. The lowest BCUT2D eigenvalue weighted by molar-refractivity contribution is 0.102. The molecule has 2 nitrogen and oxygen atoms in total. The molecule has 0 aliphatic rings. The second-order valence-corrected chi connectivity index (χ2v) is 3.77. The van der Waals surface area contributed by atoms with Crippen LogP contribution in [-0.4, -0.2) is 11.1 Å². The van der Waals surface area contributed by atoms with Crippen LogP contribution in [-0.2, 0) is 0 Å². The van der Waals surface area contributed by atoms with E-state index in [1.54, 1.807) is 0 Å². The molecule has 0 spiro atoms. The molecule has 0 aliphatic heterocycles. The maximum atomic E-state index is 13.0. The first kappa shape index (κ1) is 10.7. The molecule has 0 saturated heterocycles. The summed E-state index contributed by atoms with van der Waals surface area (Å²) in [4.78, 5) is 11.2. The fourth-order valence-corrected chi connectivity index (χ4v) is 1.64. The van der Waals surface area contributed by atoms with E-state index in [1.165, 1.54) is 6.07 Å². The minimum Gasteiger partial charge on any atom is -0.399 e. The number of carbonyl (C=O) groups is 1. The topological polar surface area (TPSA) is 43.1 Å². The number of hydrogen-bond donors (Lipinski definition) is 1. The summed E-state index contributed by atoms with van der Waals surface area (Å²) in [5.41, 5.74) is 5.89. The molecule has 70 valence electrons. The number of Topliss-reactive ketones (excluding diaryl/α,β-unsaturated/α-hetero) is 1. The second kappa shape index (κ2) is 4.19. The Labute approximate surface area is 91.6 Å². The first-order valence-corrected chi connectivity index (χ1v) is 5.31. The molecule has 0 amide bonds. The van der Waals surface area contributed by atoms with Gasteiger partial charge in [0.05, 0.1) is 9.80 Å². The highest BCUT2D eigenvalue weighted by Gasteiger charge is 2.13. The van der Waals surface area contributed by atoms with Crippen molar-refractivity contribution in [1.82, 2.24) is 0 Å². The van der Waals surface area contributed by atoms with E-state index in [-0.39, 0.29) is 26.8 Å². The van der Waals surface area contributed by atoms with Crippen LogP contribution in [0.4, 0.5) is 10.1 Å². The van der Waals surface area contributed by atoms with Gasteiger partial charge in [-0.2, -0.15) is 0 Å². The minimum absolute atomic E-state index is 0.147. The van der Waals surface area contributed by atoms with Gasteiger partial charge in [0, 0.05) is 11.3 Å². The molecule has 0 aliphatic carbocycles. The predicted molar refractivity (Wildman–Crippen MR) is 56.6 cm³/mol. The smallest absolute Gasteiger partial charge is 0.174 e. The van der Waals surface area contributed by atoms with Gasteiger partial charge in [-0.05, 0) is 28.1 Å². The number of rotatable bonds is 2. The van der Waals surface area contributed by atoms with E-state index >= 15 is 0 Å². The molecule has 2 N–H and O–H groups in total. The molecule has 1 aromatic rings. The molecule has 0 atom stereocenters. The van der Waals surface area contributed by atoms with E-state index < -0.39 is 5.82 Å². The van der Waals surface area contributed by atoms with E-state index in [9.17, 15) is 9.18 Å². The van der Waals surface area contributed by atoms with Gasteiger partial charge in [0.2, 0.25) is 0 Å². The van der Waals surface area contributed by atoms with E-state index in [4.69, 9.17) is 5.73 Å². The molecule has 0 unspecified atom stereocenters. The molecule has 13 heavy (non-hydrogen) atoms. The van der Waals surface area contributed by atoms with Gasteiger partial charge in [-0.1, -0.05) is 15.9 Å². The maximum Gasteiger partial charge on any atom is 0.174 e. The summed E-state index contributed by atoms with van der Waals surface area (Å²) in [7, 11) is 0. The Morgan fingerprint density at radius 1 is 1.54 bits per heavy atom. The van der Waals surface area contributed by atoms with Crippen molar-refractivity contribution in [1.29, 1.82) is 0 Å². The van der Waals surface area contributed by atoms with Crippen LogP contribution in [0.25, 0.3) is 0 Å². The fourth-order valence-electron chi connectivity index (χ4n) is 0.885. The third kappa shape index (κ3) is 2.28. The van der Waals surface area contributed by atoms with Crippen molar-refractivity contribution in [2.45, 2.75) is 0 Å². The zero-order valence-corrected chi connectivity index (χ0v) is 9.65. The molecule has 1 aromatic carbocycles. The number of nitrogens with two attached hydrogens (primary N) is 1. The quantitative estimate of drug-likeness (QED) is 0.518. The molecule has 1 rings (SSSR count). The number of nitrogen functional groups attached to an aromatic ring is 1. The van der Waals surface area contributed by atoms with E-state index in [0.29, 0.717) is 0 Å².